The Morgan fingerprint density at radius 3 is 2.46 bits per heavy atom. The second kappa shape index (κ2) is 3.17. The summed E-state index contributed by atoms with van der Waals surface area (Å²) in [4.78, 5) is 1.75. The predicted molar refractivity (Wildman–Crippen MR) is 44.8 cm³/mol. The van der Waals surface area contributed by atoms with Crippen LogP contribution in [0.25, 0.3) is 0 Å². The van der Waals surface area contributed by atoms with Gasteiger partial charge in [-0.15, -0.1) is 0 Å². The highest BCUT2D eigenvalue weighted by atomic mass is 19.3. The molecule has 0 aromatic heterocycles. The summed E-state index contributed by atoms with van der Waals surface area (Å²) in [7, 11) is 0. The van der Waals surface area contributed by atoms with Crippen LogP contribution in [0, 0.1) is 0 Å². The topological polar surface area (TPSA) is 23.5 Å². The Kier molecular flexibility index (Phi) is 2.28. The van der Waals surface area contributed by atoms with Gasteiger partial charge in [0.1, 0.15) is 0 Å². The van der Waals surface area contributed by atoms with E-state index in [-0.39, 0.29) is 13.0 Å². The van der Waals surface area contributed by atoms with Gasteiger partial charge in [0.25, 0.3) is 5.92 Å². The molecule has 76 valence electrons. The van der Waals surface area contributed by atoms with E-state index in [2.05, 4.69) is 0 Å². The molecule has 1 heterocycles. The van der Waals surface area contributed by atoms with Gasteiger partial charge in [0.05, 0.1) is 12.6 Å². The molecule has 2 rings (SSSR count). The Balaban J connectivity index is 1.96. The molecule has 2 aliphatic rings. The Hall–Kier alpha value is -0.220. The third-order valence-corrected chi connectivity index (χ3v) is 3.01. The van der Waals surface area contributed by atoms with Gasteiger partial charge in [0.2, 0.25) is 0 Å². The highest BCUT2D eigenvalue weighted by Crippen LogP contribution is 2.33. The lowest BCUT2D eigenvalue weighted by Gasteiger charge is -2.43. The molecule has 4 heteroatoms. The van der Waals surface area contributed by atoms with Gasteiger partial charge in [-0.25, -0.2) is 8.78 Å². The molecule has 13 heavy (non-hydrogen) atoms. The average Bonchev–Trinajstić information content (AvgIpc) is 1.75. The lowest BCUT2D eigenvalue weighted by Crippen LogP contribution is -2.54. The van der Waals surface area contributed by atoms with Crippen molar-refractivity contribution in [2.24, 2.45) is 0 Å². The van der Waals surface area contributed by atoms with Crippen LogP contribution >= 0.6 is 0 Å². The molecule has 2 nitrogen and oxygen atoms in total. The van der Waals surface area contributed by atoms with Crippen LogP contribution in [0.3, 0.4) is 0 Å². The van der Waals surface area contributed by atoms with Crippen molar-refractivity contribution in [3.05, 3.63) is 0 Å². The molecule has 0 amide bonds. The van der Waals surface area contributed by atoms with E-state index in [1.165, 1.54) is 0 Å². The van der Waals surface area contributed by atoms with Crippen molar-refractivity contribution in [3.8, 4) is 0 Å². The second-order valence-electron chi connectivity index (χ2n) is 4.23. The number of rotatable bonds is 1. The van der Waals surface area contributed by atoms with Crippen LogP contribution in [0.15, 0.2) is 0 Å². The van der Waals surface area contributed by atoms with Crippen LogP contribution in [-0.2, 0) is 0 Å². The monoisotopic (exact) mass is 191 g/mol. The van der Waals surface area contributed by atoms with Gasteiger partial charge >= 0.3 is 0 Å². The minimum Gasteiger partial charge on any atom is -0.392 e. The van der Waals surface area contributed by atoms with Gasteiger partial charge in [-0.3, -0.25) is 4.90 Å². The zero-order valence-electron chi connectivity index (χ0n) is 7.55. The fourth-order valence-corrected chi connectivity index (χ4v) is 2.14. The summed E-state index contributed by atoms with van der Waals surface area (Å²) >= 11 is 0. The van der Waals surface area contributed by atoms with Gasteiger partial charge in [0.15, 0.2) is 0 Å². The van der Waals surface area contributed by atoms with E-state index in [9.17, 15) is 13.9 Å². The Labute approximate surface area is 76.5 Å². The van der Waals surface area contributed by atoms with Crippen molar-refractivity contribution in [2.45, 2.75) is 43.8 Å². The van der Waals surface area contributed by atoms with Gasteiger partial charge in [-0.2, -0.15) is 0 Å². The van der Waals surface area contributed by atoms with Crippen LogP contribution in [0.1, 0.15) is 25.7 Å². The van der Waals surface area contributed by atoms with Crippen molar-refractivity contribution in [3.63, 3.8) is 0 Å². The van der Waals surface area contributed by atoms with E-state index in [1.54, 1.807) is 4.90 Å². The number of β-amino-alcohol motifs (C(OH)–C–C–N with tert-alkyl or cyclic N) is 1. The summed E-state index contributed by atoms with van der Waals surface area (Å²) in [6, 6.07) is 0.306. The van der Waals surface area contributed by atoms with E-state index in [0.29, 0.717) is 12.6 Å². The number of nitrogens with zero attached hydrogens (tertiary/aromatic N) is 1. The van der Waals surface area contributed by atoms with Gasteiger partial charge in [-0.1, -0.05) is 6.42 Å². The molecular weight excluding hydrogens is 176 g/mol. The van der Waals surface area contributed by atoms with Crippen molar-refractivity contribution in [1.29, 1.82) is 0 Å². The fourth-order valence-electron chi connectivity index (χ4n) is 2.14. The SMILES string of the molecule is OC1CN(C2CCC2)CC(F)(F)C1. The first-order valence-electron chi connectivity index (χ1n) is 4.87. The maximum atomic E-state index is 13.0. The molecule has 1 aliphatic carbocycles. The first kappa shape index (κ1) is 9.34. The lowest BCUT2D eigenvalue weighted by molar-refractivity contribution is -0.123. The van der Waals surface area contributed by atoms with Crippen molar-refractivity contribution in [1.82, 2.24) is 4.90 Å². The second-order valence-corrected chi connectivity index (χ2v) is 4.23. The Morgan fingerprint density at radius 2 is 2.00 bits per heavy atom. The molecular formula is C9H15F2NO. The van der Waals surface area contributed by atoms with E-state index in [0.717, 1.165) is 19.3 Å². The number of aliphatic hydroxyl groups excluding tert-OH is 1. The third-order valence-electron chi connectivity index (χ3n) is 3.01. The maximum absolute atomic E-state index is 13.0. The summed E-state index contributed by atoms with van der Waals surface area (Å²) in [5.41, 5.74) is 0. The molecule has 1 saturated carbocycles. The summed E-state index contributed by atoms with van der Waals surface area (Å²) in [6.45, 7) is 0.273. The molecule has 0 spiro atoms. The van der Waals surface area contributed by atoms with Crippen LogP contribution < -0.4 is 0 Å². The summed E-state index contributed by atoms with van der Waals surface area (Å²) < 4.78 is 26.0. The molecule has 1 aliphatic heterocycles. The van der Waals surface area contributed by atoms with Crippen molar-refractivity contribution < 1.29 is 13.9 Å². The van der Waals surface area contributed by atoms with Gasteiger partial charge < -0.3 is 5.11 Å². The van der Waals surface area contributed by atoms with E-state index in [1.807, 2.05) is 0 Å². The van der Waals surface area contributed by atoms with Gasteiger partial charge in [-0.05, 0) is 12.8 Å². The standard InChI is InChI=1S/C9H15F2NO/c10-9(11)4-8(13)5-12(6-9)7-2-1-3-7/h7-8,13H,1-6H2. The minimum atomic E-state index is -2.69. The fraction of sp³-hybridized carbons (Fsp3) is 1.00. The maximum Gasteiger partial charge on any atom is 0.263 e. The molecule has 0 radical (unpaired) electrons. The molecule has 2 fully saturated rings. The Morgan fingerprint density at radius 1 is 1.31 bits per heavy atom. The van der Waals surface area contributed by atoms with Gasteiger partial charge in [0, 0.05) is 19.0 Å². The summed E-state index contributed by atoms with van der Waals surface area (Å²) in [5.74, 6) is -2.69. The first-order valence-corrected chi connectivity index (χ1v) is 4.87. The van der Waals surface area contributed by atoms with Crippen LogP contribution in [0.4, 0.5) is 8.78 Å². The quantitative estimate of drug-likeness (QED) is 0.674. The van der Waals surface area contributed by atoms with E-state index in [4.69, 9.17) is 0 Å². The number of likely N-dealkylation sites (tertiary alicyclic amines) is 1. The number of hydrogen-bond donors (Lipinski definition) is 1. The van der Waals surface area contributed by atoms with E-state index < -0.39 is 12.0 Å². The average molecular weight is 191 g/mol. The van der Waals surface area contributed by atoms with E-state index >= 15 is 0 Å². The first-order chi connectivity index (χ1) is 6.07. The molecule has 0 bridgehead atoms. The Bertz CT molecular complexity index is 194. The lowest BCUT2D eigenvalue weighted by atomic mass is 9.89. The summed E-state index contributed by atoms with van der Waals surface area (Å²) in [6.07, 6.45) is 1.97. The zero-order valence-corrected chi connectivity index (χ0v) is 7.55. The minimum absolute atomic E-state index is 0.158. The highest BCUT2D eigenvalue weighted by molar-refractivity contribution is 4.90. The summed E-state index contributed by atoms with van der Waals surface area (Å²) in [5, 5.41) is 9.26. The number of halogens is 2. The smallest absolute Gasteiger partial charge is 0.263 e. The van der Waals surface area contributed by atoms with Crippen molar-refractivity contribution >= 4 is 0 Å². The van der Waals surface area contributed by atoms with Crippen LogP contribution in [0.5, 0.6) is 0 Å². The molecule has 1 N–H and O–H groups in total. The third kappa shape index (κ3) is 1.99. The number of hydrogen-bond acceptors (Lipinski definition) is 2. The van der Waals surface area contributed by atoms with Crippen LogP contribution in [-0.4, -0.2) is 41.2 Å². The molecule has 0 aromatic carbocycles. The number of aliphatic hydroxyl groups is 1. The zero-order chi connectivity index (χ0) is 9.47. The van der Waals surface area contributed by atoms with Crippen molar-refractivity contribution in [2.75, 3.05) is 13.1 Å². The molecule has 0 aromatic rings. The largest absolute Gasteiger partial charge is 0.392 e. The predicted octanol–water partition coefficient (Wildman–Crippen LogP) is 1.24. The molecule has 1 saturated heterocycles. The highest BCUT2D eigenvalue weighted by Gasteiger charge is 2.42. The number of piperidine rings is 1. The normalized spacial score (nSPS) is 35.8. The molecule has 1 unspecified atom stereocenters. The number of alkyl halides is 2. The molecule has 1 atom stereocenters. The van der Waals surface area contributed by atoms with Crippen LogP contribution in [0.2, 0.25) is 0 Å².